The summed E-state index contributed by atoms with van der Waals surface area (Å²) in [5, 5.41) is 4.02. The van der Waals surface area contributed by atoms with Crippen molar-refractivity contribution in [3.63, 3.8) is 0 Å². The van der Waals surface area contributed by atoms with Crippen LogP contribution in [0.25, 0.3) is 0 Å². The van der Waals surface area contributed by atoms with Gasteiger partial charge in [0.1, 0.15) is 0 Å². The minimum atomic E-state index is 0.329. The van der Waals surface area contributed by atoms with E-state index >= 15 is 0 Å². The number of hydrogen-bond acceptors (Lipinski definition) is 3. The van der Waals surface area contributed by atoms with E-state index in [1.54, 1.807) is 0 Å². The molecule has 2 bridgehead atoms. The van der Waals surface area contributed by atoms with Crippen LogP contribution in [0.15, 0.2) is 0 Å². The molecule has 5 atom stereocenters. The average Bonchev–Trinajstić information content (AvgIpc) is 3.18. The molecule has 3 heteroatoms. The molecule has 1 saturated heterocycles. The number of nitrogens with one attached hydrogen (secondary N) is 1. The first-order valence-electron chi connectivity index (χ1n) is 9.18. The standard InChI is InChI=1S/C18H32N2O/c1-20(2)18(6-8-21-9-7-18)12-19-17-11-13-10-16(17)15-5-3-4-14(13)15/h13-17,19H,3-12H2,1-2H3/t13-,14-,15-,16+,17-/m1/s1. The molecule has 120 valence electrons. The van der Waals surface area contributed by atoms with Crippen molar-refractivity contribution < 1.29 is 4.74 Å². The normalized spacial score (nSPS) is 44.4. The van der Waals surface area contributed by atoms with Crippen molar-refractivity contribution in [2.24, 2.45) is 23.7 Å². The summed E-state index contributed by atoms with van der Waals surface area (Å²) in [6.45, 7) is 3.02. The molecule has 3 aliphatic carbocycles. The summed E-state index contributed by atoms with van der Waals surface area (Å²) in [5.41, 5.74) is 0.329. The predicted molar refractivity (Wildman–Crippen MR) is 85.3 cm³/mol. The summed E-state index contributed by atoms with van der Waals surface area (Å²) in [4.78, 5) is 2.45. The number of fused-ring (bicyclic) bond motifs is 5. The van der Waals surface area contributed by atoms with Crippen molar-refractivity contribution in [2.75, 3.05) is 33.9 Å². The van der Waals surface area contributed by atoms with Gasteiger partial charge in [-0.3, -0.25) is 0 Å². The predicted octanol–water partition coefficient (Wildman–Crippen LogP) is 2.51. The Morgan fingerprint density at radius 2 is 1.81 bits per heavy atom. The van der Waals surface area contributed by atoms with Crippen molar-refractivity contribution in [1.82, 2.24) is 10.2 Å². The van der Waals surface area contributed by atoms with Gasteiger partial charge in [-0.25, -0.2) is 0 Å². The van der Waals surface area contributed by atoms with Crippen molar-refractivity contribution >= 4 is 0 Å². The third-order valence-corrected chi connectivity index (χ3v) is 7.49. The second-order valence-electron chi connectivity index (χ2n) is 8.37. The minimum absolute atomic E-state index is 0.329. The van der Waals surface area contributed by atoms with Gasteiger partial charge in [-0.05, 0) is 76.3 Å². The molecule has 0 aromatic rings. The topological polar surface area (TPSA) is 24.5 Å². The zero-order valence-corrected chi connectivity index (χ0v) is 13.8. The molecule has 0 radical (unpaired) electrons. The quantitative estimate of drug-likeness (QED) is 0.861. The largest absolute Gasteiger partial charge is 0.381 e. The molecule has 4 fully saturated rings. The molecular formula is C18H32N2O. The van der Waals surface area contributed by atoms with E-state index in [0.717, 1.165) is 49.5 Å². The maximum atomic E-state index is 5.60. The van der Waals surface area contributed by atoms with Crippen LogP contribution in [-0.2, 0) is 4.74 Å². The maximum absolute atomic E-state index is 5.60. The van der Waals surface area contributed by atoms with E-state index in [9.17, 15) is 0 Å². The highest BCUT2D eigenvalue weighted by Crippen LogP contribution is 2.58. The minimum Gasteiger partial charge on any atom is -0.381 e. The third kappa shape index (κ3) is 2.36. The Hall–Kier alpha value is -0.120. The van der Waals surface area contributed by atoms with Gasteiger partial charge >= 0.3 is 0 Å². The highest BCUT2D eigenvalue weighted by molar-refractivity contribution is 5.06. The molecule has 3 nitrogen and oxygen atoms in total. The van der Waals surface area contributed by atoms with Gasteiger partial charge in [0.15, 0.2) is 0 Å². The lowest BCUT2D eigenvalue weighted by Gasteiger charge is -2.44. The average molecular weight is 292 g/mol. The lowest BCUT2D eigenvalue weighted by molar-refractivity contribution is -0.00983. The van der Waals surface area contributed by atoms with E-state index in [1.165, 1.54) is 44.9 Å². The van der Waals surface area contributed by atoms with Crippen LogP contribution in [-0.4, -0.2) is 50.3 Å². The second kappa shape index (κ2) is 5.50. The van der Waals surface area contributed by atoms with Gasteiger partial charge in [-0.2, -0.15) is 0 Å². The molecule has 1 aliphatic heterocycles. The van der Waals surface area contributed by atoms with Crippen molar-refractivity contribution in [3.8, 4) is 0 Å². The smallest absolute Gasteiger partial charge is 0.0484 e. The molecule has 0 aromatic carbocycles. The van der Waals surface area contributed by atoms with E-state index in [1.807, 2.05) is 0 Å². The Morgan fingerprint density at radius 1 is 1.05 bits per heavy atom. The van der Waals surface area contributed by atoms with Gasteiger partial charge in [-0.15, -0.1) is 0 Å². The van der Waals surface area contributed by atoms with Crippen molar-refractivity contribution in [1.29, 1.82) is 0 Å². The molecule has 21 heavy (non-hydrogen) atoms. The highest BCUT2D eigenvalue weighted by atomic mass is 16.5. The van der Waals surface area contributed by atoms with Gasteiger partial charge in [0, 0.05) is 31.3 Å². The van der Waals surface area contributed by atoms with Crippen molar-refractivity contribution in [2.45, 2.75) is 56.5 Å². The zero-order chi connectivity index (χ0) is 14.4. The fourth-order valence-electron chi connectivity index (χ4n) is 6.16. The van der Waals surface area contributed by atoms with Crippen LogP contribution in [0.1, 0.15) is 44.9 Å². The van der Waals surface area contributed by atoms with E-state index in [2.05, 4.69) is 24.3 Å². The van der Waals surface area contributed by atoms with Crippen LogP contribution in [0.5, 0.6) is 0 Å². The van der Waals surface area contributed by atoms with Gasteiger partial charge < -0.3 is 15.0 Å². The Bertz CT molecular complexity index is 377. The summed E-state index contributed by atoms with van der Waals surface area (Å²) in [7, 11) is 4.50. The molecule has 0 spiro atoms. The van der Waals surface area contributed by atoms with Gasteiger partial charge in [0.25, 0.3) is 0 Å². The van der Waals surface area contributed by atoms with Gasteiger partial charge in [-0.1, -0.05) is 6.42 Å². The van der Waals surface area contributed by atoms with E-state index in [4.69, 9.17) is 4.74 Å². The lowest BCUT2D eigenvalue weighted by atomic mass is 9.78. The zero-order valence-electron chi connectivity index (χ0n) is 13.8. The first kappa shape index (κ1) is 14.5. The van der Waals surface area contributed by atoms with Crippen LogP contribution in [0, 0.1) is 23.7 Å². The Balaban J connectivity index is 1.38. The number of ether oxygens (including phenoxy) is 1. The van der Waals surface area contributed by atoms with Gasteiger partial charge in [0.05, 0.1) is 0 Å². The Labute approximate surface area is 129 Å². The number of likely N-dealkylation sites (N-methyl/N-ethyl adjacent to an activating group) is 1. The third-order valence-electron chi connectivity index (χ3n) is 7.49. The van der Waals surface area contributed by atoms with E-state index < -0.39 is 0 Å². The number of rotatable bonds is 4. The van der Waals surface area contributed by atoms with E-state index in [-0.39, 0.29) is 0 Å². The summed E-state index contributed by atoms with van der Waals surface area (Å²) in [6.07, 6.45) is 9.93. The summed E-state index contributed by atoms with van der Waals surface area (Å²) in [5.74, 6) is 4.25. The lowest BCUT2D eigenvalue weighted by Crippen LogP contribution is -2.57. The van der Waals surface area contributed by atoms with Crippen LogP contribution < -0.4 is 5.32 Å². The molecular weight excluding hydrogens is 260 g/mol. The fraction of sp³-hybridized carbons (Fsp3) is 1.00. The number of nitrogens with zero attached hydrogens (tertiary/aromatic N) is 1. The first-order chi connectivity index (χ1) is 10.2. The SMILES string of the molecule is CN(C)C1(CN[C@@H]2C[C@H]3C[C@H]2[C@@H]2CCC[C@H]32)CCOCC1. The van der Waals surface area contributed by atoms with E-state index in [0.29, 0.717) is 5.54 Å². The summed E-state index contributed by atoms with van der Waals surface area (Å²) >= 11 is 0. The molecule has 3 saturated carbocycles. The Kier molecular flexibility index (Phi) is 3.79. The van der Waals surface area contributed by atoms with Crippen LogP contribution >= 0.6 is 0 Å². The van der Waals surface area contributed by atoms with Crippen LogP contribution in [0.4, 0.5) is 0 Å². The van der Waals surface area contributed by atoms with Crippen LogP contribution in [0.2, 0.25) is 0 Å². The van der Waals surface area contributed by atoms with Crippen molar-refractivity contribution in [3.05, 3.63) is 0 Å². The molecule has 0 aromatic heterocycles. The first-order valence-corrected chi connectivity index (χ1v) is 9.18. The van der Waals surface area contributed by atoms with Gasteiger partial charge in [0.2, 0.25) is 0 Å². The van der Waals surface area contributed by atoms with Crippen LogP contribution in [0.3, 0.4) is 0 Å². The second-order valence-corrected chi connectivity index (χ2v) is 8.37. The maximum Gasteiger partial charge on any atom is 0.0484 e. The number of hydrogen-bond donors (Lipinski definition) is 1. The fourth-order valence-corrected chi connectivity index (χ4v) is 6.16. The Morgan fingerprint density at radius 3 is 2.57 bits per heavy atom. The molecule has 4 rings (SSSR count). The monoisotopic (exact) mass is 292 g/mol. The molecule has 1 heterocycles. The highest BCUT2D eigenvalue weighted by Gasteiger charge is 2.53. The molecule has 1 N–H and O–H groups in total. The molecule has 0 amide bonds. The molecule has 4 aliphatic rings. The summed E-state index contributed by atoms with van der Waals surface area (Å²) in [6, 6.07) is 0.814. The summed E-state index contributed by atoms with van der Waals surface area (Å²) < 4.78 is 5.60. The molecule has 0 unspecified atom stereocenters.